The van der Waals surface area contributed by atoms with Gasteiger partial charge in [-0.25, -0.2) is 0 Å². The van der Waals surface area contributed by atoms with Gasteiger partial charge in [0.2, 0.25) is 5.89 Å². The van der Waals surface area contributed by atoms with Crippen molar-refractivity contribution in [3.05, 3.63) is 47.1 Å². The number of rotatable bonds is 6. The first-order chi connectivity index (χ1) is 9.52. The Hall–Kier alpha value is -1.68. The molecule has 2 rings (SSSR count). The lowest BCUT2D eigenvalue weighted by atomic mass is 10.0. The summed E-state index contributed by atoms with van der Waals surface area (Å²) in [5, 5.41) is 13.9. The number of aromatic nitrogens is 2. The largest absolute Gasteiger partial charge is 0.393 e. The summed E-state index contributed by atoms with van der Waals surface area (Å²) in [7, 11) is 0. The summed E-state index contributed by atoms with van der Waals surface area (Å²) in [5.41, 5.74) is 2.39. The van der Waals surface area contributed by atoms with E-state index in [1.54, 1.807) is 0 Å². The maximum atomic E-state index is 9.88. The number of nitrogens with zero attached hydrogens (tertiary/aromatic N) is 2. The average molecular weight is 274 g/mol. The SMILES string of the molecule is Cc1cccc(Cc2noc(CC(O)CC(C)C)n2)c1. The maximum absolute atomic E-state index is 9.88. The van der Waals surface area contributed by atoms with Gasteiger partial charge in [0, 0.05) is 6.42 Å². The number of hydrogen-bond donors (Lipinski definition) is 1. The fourth-order valence-corrected chi connectivity index (χ4v) is 2.28. The molecule has 1 aromatic heterocycles. The van der Waals surface area contributed by atoms with E-state index in [-0.39, 0.29) is 0 Å². The molecule has 0 aliphatic rings. The lowest BCUT2D eigenvalue weighted by Gasteiger charge is -2.09. The average Bonchev–Trinajstić information content (AvgIpc) is 2.75. The van der Waals surface area contributed by atoms with Crippen LogP contribution in [-0.4, -0.2) is 21.4 Å². The third kappa shape index (κ3) is 4.46. The molecule has 0 aliphatic heterocycles. The van der Waals surface area contributed by atoms with E-state index in [1.165, 1.54) is 11.1 Å². The molecular weight excluding hydrogens is 252 g/mol. The Morgan fingerprint density at radius 3 is 2.80 bits per heavy atom. The normalized spacial score (nSPS) is 12.8. The minimum Gasteiger partial charge on any atom is -0.393 e. The third-order valence-corrected chi connectivity index (χ3v) is 3.11. The quantitative estimate of drug-likeness (QED) is 0.880. The monoisotopic (exact) mass is 274 g/mol. The van der Waals surface area contributed by atoms with Crippen LogP contribution < -0.4 is 0 Å². The molecule has 0 spiro atoms. The fraction of sp³-hybridized carbons (Fsp3) is 0.500. The van der Waals surface area contributed by atoms with Crippen molar-refractivity contribution in [1.29, 1.82) is 0 Å². The number of hydrogen-bond acceptors (Lipinski definition) is 4. The Kier molecular flexibility index (Phi) is 4.90. The van der Waals surface area contributed by atoms with E-state index < -0.39 is 6.10 Å². The molecule has 1 N–H and O–H groups in total. The molecule has 20 heavy (non-hydrogen) atoms. The van der Waals surface area contributed by atoms with Crippen molar-refractivity contribution >= 4 is 0 Å². The van der Waals surface area contributed by atoms with Crippen LogP contribution in [0.3, 0.4) is 0 Å². The molecule has 0 saturated carbocycles. The van der Waals surface area contributed by atoms with Gasteiger partial charge in [0.15, 0.2) is 5.82 Å². The predicted octanol–water partition coefficient (Wildman–Crippen LogP) is 2.92. The van der Waals surface area contributed by atoms with Crippen molar-refractivity contribution in [2.75, 3.05) is 0 Å². The highest BCUT2D eigenvalue weighted by atomic mass is 16.5. The van der Waals surface area contributed by atoms with Crippen molar-refractivity contribution in [3.8, 4) is 0 Å². The number of aliphatic hydroxyl groups is 1. The number of benzene rings is 1. The predicted molar refractivity (Wildman–Crippen MR) is 77.4 cm³/mol. The lowest BCUT2D eigenvalue weighted by Crippen LogP contribution is -2.13. The first kappa shape index (κ1) is 14.7. The van der Waals surface area contributed by atoms with E-state index in [0.29, 0.717) is 30.5 Å². The molecule has 1 heterocycles. The number of aliphatic hydroxyl groups excluding tert-OH is 1. The van der Waals surface area contributed by atoms with Crippen molar-refractivity contribution in [3.63, 3.8) is 0 Å². The van der Waals surface area contributed by atoms with Gasteiger partial charge in [0.05, 0.1) is 12.5 Å². The lowest BCUT2D eigenvalue weighted by molar-refractivity contribution is 0.138. The number of aryl methyl sites for hydroxylation is 1. The molecule has 0 aliphatic carbocycles. The molecule has 0 saturated heterocycles. The van der Waals surface area contributed by atoms with E-state index in [0.717, 1.165) is 6.42 Å². The molecule has 0 bridgehead atoms. The second-order valence-corrected chi connectivity index (χ2v) is 5.76. The van der Waals surface area contributed by atoms with Crippen LogP contribution in [0.25, 0.3) is 0 Å². The third-order valence-electron chi connectivity index (χ3n) is 3.11. The van der Waals surface area contributed by atoms with Crippen molar-refractivity contribution in [2.24, 2.45) is 5.92 Å². The van der Waals surface area contributed by atoms with Crippen molar-refractivity contribution < 1.29 is 9.63 Å². The van der Waals surface area contributed by atoms with E-state index in [9.17, 15) is 5.11 Å². The van der Waals surface area contributed by atoms with Gasteiger partial charge in [-0.1, -0.05) is 48.8 Å². The highest BCUT2D eigenvalue weighted by Crippen LogP contribution is 2.12. The Morgan fingerprint density at radius 1 is 1.30 bits per heavy atom. The van der Waals surface area contributed by atoms with Gasteiger partial charge in [-0.05, 0) is 24.8 Å². The van der Waals surface area contributed by atoms with Gasteiger partial charge in [-0.3, -0.25) is 0 Å². The maximum Gasteiger partial charge on any atom is 0.229 e. The van der Waals surface area contributed by atoms with Gasteiger partial charge in [0.1, 0.15) is 0 Å². The van der Waals surface area contributed by atoms with Gasteiger partial charge in [-0.15, -0.1) is 0 Å². The van der Waals surface area contributed by atoms with Crippen LogP contribution in [0.15, 0.2) is 28.8 Å². The summed E-state index contributed by atoms with van der Waals surface area (Å²) in [6.07, 6.45) is 1.42. The van der Waals surface area contributed by atoms with Crippen LogP contribution in [-0.2, 0) is 12.8 Å². The standard InChI is InChI=1S/C16H22N2O2/c1-11(2)7-14(19)10-16-17-15(18-20-16)9-13-6-4-5-12(3)8-13/h4-6,8,11,14,19H,7,9-10H2,1-3H3. The minimum atomic E-state index is -0.415. The molecule has 108 valence electrons. The molecular formula is C16H22N2O2. The summed E-state index contributed by atoms with van der Waals surface area (Å²) in [5.74, 6) is 1.64. The summed E-state index contributed by atoms with van der Waals surface area (Å²) >= 11 is 0. The van der Waals surface area contributed by atoms with Gasteiger partial charge >= 0.3 is 0 Å². The summed E-state index contributed by atoms with van der Waals surface area (Å²) in [6.45, 7) is 6.23. The van der Waals surface area contributed by atoms with Crippen LogP contribution >= 0.6 is 0 Å². The Bertz CT molecular complexity index is 549. The fourth-order valence-electron chi connectivity index (χ4n) is 2.28. The van der Waals surface area contributed by atoms with E-state index in [1.807, 2.05) is 6.07 Å². The van der Waals surface area contributed by atoms with Gasteiger partial charge in [-0.2, -0.15) is 4.98 Å². The molecule has 2 aromatic rings. The summed E-state index contributed by atoms with van der Waals surface area (Å²) in [4.78, 5) is 4.34. The molecule has 0 amide bonds. The highest BCUT2D eigenvalue weighted by Gasteiger charge is 2.13. The topological polar surface area (TPSA) is 59.2 Å². The highest BCUT2D eigenvalue weighted by molar-refractivity contribution is 5.24. The zero-order valence-electron chi connectivity index (χ0n) is 12.3. The van der Waals surface area contributed by atoms with E-state index >= 15 is 0 Å². The summed E-state index contributed by atoms with van der Waals surface area (Å²) < 4.78 is 5.20. The van der Waals surface area contributed by atoms with Gasteiger partial charge < -0.3 is 9.63 Å². The molecule has 4 heteroatoms. The smallest absolute Gasteiger partial charge is 0.229 e. The molecule has 0 radical (unpaired) electrons. The Labute approximate surface area is 119 Å². The van der Waals surface area contributed by atoms with Gasteiger partial charge in [0.25, 0.3) is 0 Å². The first-order valence-corrected chi connectivity index (χ1v) is 7.08. The van der Waals surface area contributed by atoms with Crippen molar-refractivity contribution in [1.82, 2.24) is 10.1 Å². The zero-order valence-corrected chi connectivity index (χ0v) is 12.3. The Balaban J connectivity index is 1.95. The molecule has 1 unspecified atom stereocenters. The van der Waals surface area contributed by atoms with Crippen LogP contribution in [0.4, 0.5) is 0 Å². The van der Waals surface area contributed by atoms with Crippen molar-refractivity contribution in [2.45, 2.75) is 46.1 Å². The molecule has 1 aromatic carbocycles. The molecule has 0 fully saturated rings. The first-order valence-electron chi connectivity index (χ1n) is 7.08. The van der Waals surface area contributed by atoms with Crippen LogP contribution in [0, 0.1) is 12.8 Å². The van der Waals surface area contributed by atoms with Crippen LogP contribution in [0.5, 0.6) is 0 Å². The molecule has 1 atom stereocenters. The van der Waals surface area contributed by atoms with E-state index in [2.05, 4.69) is 49.1 Å². The summed E-state index contributed by atoms with van der Waals surface area (Å²) in [6, 6.07) is 8.26. The minimum absolute atomic E-state index is 0.415. The van der Waals surface area contributed by atoms with Crippen LogP contribution in [0.1, 0.15) is 43.1 Å². The molecule has 4 nitrogen and oxygen atoms in total. The van der Waals surface area contributed by atoms with E-state index in [4.69, 9.17) is 4.52 Å². The zero-order chi connectivity index (χ0) is 14.5. The second-order valence-electron chi connectivity index (χ2n) is 5.76. The second kappa shape index (κ2) is 6.66. The van der Waals surface area contributed by atoms with Crippen LogP contribution in [0.2, 0.25) is 0 Å². The Morgan fingerprint density at radius 2 is 2.10 bits per heavy atom.